The van der Waals surface area contributed by atoms with E-state index >= 15 is 0 Å². The van der Waals surface area contributed by atoms with Crippen molar-refractivity contribution in [2.45, 2.75) is 6.18 Å². The van der Waals surface area contributed by atoms with Crippen LogP contribution in [0.25, 0.3) is 0 Å². The van der Waals surface area contributed by atoms with E-state index in [1.807, 2.05) is 0 Å². The first kappa shape index (κ1) is 17.1. The Balaban J connectivity index is 2.24. The second-order valence-electron chi connectivity index (χ2n) is 4.33. The molecule has 11 heteroatoms. The first-order valence-electron chi connectivity index (χ1n) is 6.16. The number of halogens is 4. The van der Waals surface area contributed by atoms with Crippen LogP contribution in [0.2, 0.25) is 0 Å². The highest BCUT2D eigenvalue weighted by Gasteiger charge is 2.38. The molecule has 0 saturated carbocycles. The number of amides is 1. The third-order valence-electron chi connectivity index (χ3n) is 2.67. The van der Waals surface area contributed by atoms with E-state index in [4.69, 9.17) is 10.5 Å². The van der Waals surface area contributed by atoms with Gasteiger partial charge in [0.15, 0.2) is 28.8 Å². The molecule has 0 aliphatic carbocycles. The van der Waals surface area contributed by atoms with Crippen LogP contribution in [0.4, 0.5) is 34.8 Å². The van der Waals surface area contributed by atoms with E-state index in [2.05, 4.69) is 10.2 Å². The van der Waals surface area contributed by atoms with E-state index < -0.39 is 29.3 Å². The van der Waals surface area contributed by atoms with E-state index in [0.29, 0.717) is 6.07 Å². The molecule has 0 bridgehead atoms. The standard InChI is InChI=1S/C13H8F4N4O3/c14-7-5-6(20-12(22)13(15,16)17)1-2-8(7)24-9-3-4-19-11(18)10(9)21-23/h1-5H,(H2,18,19)(H,20,22). The van der Waals surface area contributed by atoms with Crippen molar-refractivity contribution in [2.24, 2.45) is 5.18 Å². The van der Waals surface area contributed by atoms with E-state index in [9.17, 15) is 27.3 Å². The van der Waals surface area contributed by atoms with Crippen molar-refractivity contribution in [3.05, 3.63) is 41.2 Å². The number of pyridine rings is 1. The average molecular weight is 344 g/mol. The fraction of sp³-hybridized carbons (Fsp3) is 0.0769. The number of carbonyl (C=O) groups excluding carboxylic acids is 1. The fourth-order valence-corrected chi connectivity index (χ4v) is 1.61. The molecular formula is C13H8F4N4O3. The Kier molecular flexibility index (Phi) is 4.62. The summed E-state index contributed by atoms with van der Waals surface area (Å²) in [7, 11) is 0. The van der Waals surface area contributed by atoms with E-state index in [0.717, 1.165) is 12.1 Å². The Labute approximate surface area is 131 Å². The Bertz CT molecular complexity index is 795. The molecule has 1 amide bonds. The molecule has 0 unspecified atom stereocenters. The summed E-state index contributed by atoms with van der Waals surface area (Å²) < 4.78 is 55.4. The molecule has 1 aromatic carbocycles. The van der Waals surface area contributed by atoms with Crippen molar-refractivity contribution in [1.29, 1.82) is 0 Å². The molecule has 0 aliphatic heterocycles. The van der Waals surface area contributed by atoms with Crippen molar-refractivity contribution in [1.82, 2.24) is 4.98 Å². The van der Waals surface area contributed by atoms with Gasteiger partial charge in [0.2, 0.25) is 0 Å². The van der Waals surface area contributed by atoms with Crippen LogP contribution in [-0.4, -0.2) is 17.1 Å². The number of hydrogen-bond acceptors (Lipinski definition) is 6. The maximum Gasteiger partial charge on any atom is 0.471 e. The summed E-state index contributed by atoms with van der Waals surface area (Å²) >= 11 is 0. The quantitative estimate of drug-likeness (QED) is 0.652. The van der Waals surface area contributed by atoms with E-state index in [1.54, 1.807) is 0 Å². The molecular weight excluding hydrogens is 336 g/mol. The lowest BCUT2D eigenvalue weighted by atomic mass is 10.2. The zero-order chi connectivity index (χ0) is 17.9. The number of nitrogen functional groups attached to an aromatic ring is 1. The second kappa shape index (κ2) is 6.48. The number of alkyl halides is 3. The molecule has 126 valence electrons. The van der Waals surface area contributed by atoms with Gasteiger partial charge in [-0.2, -0.15) is 13.2 Å². The molecule has 0 fully saturated rings. The number of benzene rings is 1. The predicted molar refractivity (Wildman–Crippen MR) is 75.3 cm³/mol. The molecule has 1 aromatic heterocycles. The maximum atomic E-state index is 13.9. The molecule has 1 heterocycles. The maximum absolute atomic E-state index is 13.9. The largest absolute Gasteiger partial charge is 0.471 e. The van der Waals surface area contributed by atoms with Gasteiger partial charge in [0.25, 0.3) is 0 Å². The number of nitrogens with zero attached hydrogens (tertiary/aromatic N) is 2. The minimum absolute atomic E-state index is 0.191. The van der Waals surface area contributed by atoms with Crippen molar-refractivity contribution < 1.29 is 27.1 Å². The van der Waals surface area contributed by atoms with Crippen LogP contribution in [-0.2, 0) is 4.79 Å². The highest BCUT2D eigenvalue weighted by atomic mass is 19.4. The molecule has 0 saturated heterocycles. The lowest BCUT2D eigenvalue weighted by Crippen LogP contribution is -2.29. The predicted octanol–water partition coefficient (Wildman–Crippen LogP) is 3.49. The van der Waals surface area contributed by atoms with Crippen LogP contribution in [0.15, 0.2) is 35.6 Å². The van der Waals surface area contributed by atoms with Crippen molar-refractivity contribution >= 4 is 23.1 Å². The lowest BCUT2D eigenvalue weighted by molar-refractivity contribution is -0.167. The molecule has 3 N–H and O–H groups in total. The molecule has 2 rings (SSSR count). The van der Waals surface area contributed by atoms with Gasteiger partial charge in [0.1, 0.15) is 0 Å². The number of nitrogens with two attached hydrogens (primary N) is 1. The summed E-state index contributed by atoms with van der Waals surface area (Å²) in [6.45, 7) is 0. The minimum atomic E-state index is -5.11. The zero-order valence-electron chi connectivity index (χ0n) is 11.6. The van der Waals surface area contributed by atoms with Crippen LogP contribution >= 0.6 is 0 Å². The average Bonchev–Trinajstić information content (AvgIpc) is 2.49. The van der Waals surface area contributed by atoms with Crippen LogP contribution in [0.1, 0.15) is 0 Å². The smallest absolute Gasteiger partial charge is 0.452 e. The Hall–Kier alpha value is -3.24. The van der Waals surface area contributed by atoms with Crippen LogP contribution in [0, 0.1) is 10.7 Å². The van der Waals surface area contributed by atoms with Gasteiger partial charge in [0.05, 0.1) is 0 Å². The number of nitroso groups, excluding NO2 is 1. The van der Waals surface area contributed by atoms with Crippen molar-refractivity contribution in [2.75, 3.05) is 11.1 Å². The Morgan fingerprint density at radius 3 is 2.54 bits per heavy atom. The summed E-state index contributed by atoms with van der Waals surface area (Å²) in [5.74, 6) is -4.18. The summed E-state index contributed by atoms with van der Waals surface area (Å²) in [5, 5.41) is 4.10. The third kappa shape index (κ3) is 3.74. The summed E-state index contributed by atoms with van der Waals surface area (Å²) in [6.07, 6.45) is -3.92. The fourth-order valence-electron chi connectivity index (χ4n) is 1.61. The lowest BCUT2D eigenvalue weighted by Gasteiger charge is -2.11. The molecule has 0 atom stereocenters. The normalized spacial score (nSPS) is 11.0. The SMILES string of the molecule is Nc1nccc(Oc2ccc(NC(=O)C(F)(F)F)cc2F)c1N=O. The van der Waals surface area contributed by atoms with Gasteiger partial charge in [0, 0.05) is 24.0 Å². The van der Waals surface area contributed by atoms with Crippen molar-refractivity contribution in [3.8, 4) is 11.5 Å². The highest BCUT2D eigenvalue weighted by Crippen LogP contribution is 2.36. The van der Waals surface area contributed by atoms with Gasteiger partial charge >= 0.3 is 12.1 Å². The van der Waals surface area contributed by atoms with Gasteiger partial charge in [-0.1, -0.05) is 0 Å². The highest BCUT2D eigenvalue weighted by molar-refractivity contribution is 5.94. The van der Waals surface area contributed by atoms with Gasteiger partial charge in [-0.05, 0) is 17.3 Å². The zero-order valence-corrected chi connectivity index (χ0v) is 11.6. The number of ether oxygens (including phenoxy) is 1. The molecule has 0 aliphatic rings. The third-order valence-corrected chi connectivity index (χ3v) is 2.67. The topological polar surface area (TPSA) is 107 Å². The molecule has 2 aromatic rings. The summed E-state index contributed by atoms with van der Waals surface area (Å²) in [6, 6.07) is 3.77. The molecule has 24 heavy (non-hydrogen) atoms. The van der Waals surface area contributed by atoms with Gasteiger partial charge in [-0.25, -0.2) is 9.37 Å². The monoisotopic (exact) mass is 344 g/mol. The number of nitrogens with one attached hydrogen (secondary N) is 1. The van der Waals surface area contributed by atoms with Crippen LogP contribution < -0.4 is 15.8 Å². The molecule has 0 spiro atoms. The summed E-state index contributed by atoms with van der Waals surface area (Å²) in [4.78, 5) is 25.1. The van der Waals surface area contributed by atoms with E-state index in [-0.39, 0.29) is 17.3 Å². The van der Waals surface area contributed by atoms with Crippen LogP contribution in [0.5, 0.6) is 11.5 Å². The number of anilines is 2. The van der Waals surface area contributed by atoms with Gasteiger partial charge in [-0.3, -0.25) is 4.79 Å². The summed E-state index contributed by atoms with van der Waals surface area (Å²) in [5.41, 5.74) is 4.63. The van der Waals surface area contributed by atoms with Gasteiger partial charge < -0.3 is 15.8 Å². The number of carbonyl (C=O) groups is 1. The first-order valence-corrected chi connectivity index (χ1v) is 6.16. The van der Waals surface area contributed by atoms with E-state index in [1.165, 1.54) is 17.6 Å². The first-order chi connectivity index (χ1) is 11.2. The van der Waals surface area contributed by atoms with Gasteiger partial charge in [-0.15, -0.1) is 4.91 Å². The van der Waals surface area contributed by atoms with Crippen molar-refractivity contribution in [3.63, 3.8) is 0 Å². The molecule has 0 radical (unpaired) electrons. The Morgan fingerprint density at radius 2 is 1.96 bits per heavy atom. The number of rotatable bonds is 4. The second-order valence-corrected chi connectivity index (χ2v) is 4.33. The minimum Gasteiger partial charge on any atom is -0.452 e. The Morgan fingerprint density at radius 1 is 1.25 bits per heavy atom. The molecule has 7 nitrogen and oxygen atoms in total. The number of hydrogen-bond donors (Lipinski definition) is 2. The number of aromatic nitrogens is 1. The van der Waals surface area contributed by atoms with Crippen LogP contribution in [0.3, 0.4) is 0 Å².